The Bertz CT molecular complexity index is 537. The molecule has 17 heavy (non-hydrogen) atoms. The lowest BCUT2D eigenvalue weighted by Gasteiger charge is -2.03. The third kappa shape index (κ3) is 2.39. The van der Waals surface area contributed by atoms with Crippen molar-refractivity contribution >= 4 is 17.3 Å². The van der Waals surface area contributed by atoms with Gasteiger partial charge in [-0.05, 0) is 6.92 Å². The van der Waals surface area contributed by atoms with E-state index in [0.29, 0.717) is 31.1 Å². The number of hydrogen-bond acceptors (Lipinski definition) is 5. The summed E-state index contributed by atoms with van der Waals surface area (Å²) in [7, 11) is 0. The third-order valence-corrected chi connectivity index (χ3v) is 2.23. The first-order valence-corrected chi connectivity index (χ1v) is 5.21. The Morgan fingerprint density at radius 1 is 1.53 bits per heavy atom. The molecule has 0 saturated heterocycles. The highest BCUT2D eigenvalue weighted by Gasteiger charge is 2.10. The minimum atomic E-state index is -1.10. The first kappa shape index (κ1) is 11.5. The van der Waals surface area contributed by atoms with Crippen molar-refractivity contribution < 1.29 is 14.6 Å². The van der Waals surface area contributed by atoms with Gasteiger partial charge in [-0.1, -0.05) is 0 Å². The first-order chi connectivity index (χ1) is 8.22. The lowest BCUT2D eigenvalue weighted by Crippen LogP contribution is -2.07. The Hall–Kier alpha value is -2.02. The van der Waals surface area contributed by atoms with Crippen LogP contribution in [0.1, 0.15) is 17.4 Å². The molecule has 0 saturated carbocycles. The molecule has 0 radical (unpaired) electrons. The van der Waals surface area contributed by atoms with E-state index in [1.807, 2.05) is 6.92 Å². The van der Waals surface area contributed by atoms with Gasteiger partial charge in [0, 0.05) is 13.2 Å². The summed E-state index contributed by atoms with van der Waals surface area (Å²) in [6.07, 6.45) is 2.78. The van der Waals surface area contributed by atoms with Crippen molar-refractivity contribution in [3.8, 4) is 0 Å². The van der Waals surface area contributed by atoms with Crippen LogP contribution in [0.5, 0.6) is 0 Å². The standard InChI is InChI=1S/C10H12N4O3/c1-2-17-4-3-14-6-12-8-9(14)13-7(5-11-8)10(15)16/h5-6H,2-4H2,1H3,(H,15,16). The highest BCUT2D eigenvalue weighted by atomic mass is 16.5. The Kier molecular flexibility index (Phi) is 3.29. The van der Waals surface area contributed by atoms with Crippen molar-refractivity contribution in [2.24, 2.45) is 0 Å². The number of aromatic carboxylic acids is 1. The van der Waals surface area contributed by atoms with Crippen molar-refractivity contribution in [1.29, 1.82) is 0 Å². The lowest BCUT2D eigenvalue weighted by molar-refractivity contribution is 0.0690. The number of hydrogen-bond donors (Lipinski definition) is 1. The van der Waals surface area contributed by atoms with E-state index in [2.05, 4.69) is 15.0 Å². The number of imidazole rings is 1. The first-order valence-electron chi connectivity index (χ1n) is 5.21. The van der Waals surface area contributed by atoms with E-state index < -0.39 is 5.97 Å². The van der Waals surface area contributed by atoms with Gasteiger partial charge in [0.25, 0.3) is 0 Å². The Labute approximate surface area is 97.1 Å². The van der Waals surface area contributed by atoms with Crippen molar-refractivity contribution in [3.05, 3.63) is 18.2 Å². The van der Waals surface area contributed by atoms with Crippen LogP contribution in [0, 0.1) is 0 Å². The van der Waals surface area contributed by atoms with Crippen LogP contribution in [-0.4, -0.2) is 43.8 Å². The summed E-state index contributed by atoms with van der Waals surface area (Å²) in [6.45, 7) is 3.65. The zero-order valence-electron chi connectivity index (χ0n) is 9.33. The minimum absolute atomic E-state index is 0.0874. The molecule has 90 valence electrons. The molecule has 2 aromatic heterocycles. The average molecular weight is 236 g/mol. The van der Waals surface area contributed by atoms with Crippen LogP contribution in [-0.2, 0) is 11.3 Å². The van der Waals surface area contributed by atoms with Crippen LogP contribution >= 0.6 is 0 Å². The number of nitrogens with zero attached hydrogens (tertiary/aromatic N) is 4. The van der Waals surface area contributed by atoms with E-state index in [1.54, 1.807) is 10.9 Å². The Balaban J connectivity index is 2.30. The number of fused-ring (bicyclic) bond motifs is 1. The lowest BCUT2D eigenvalue weighted by atomic mass is 10.4. The molecule has 2 aromatic rings. The third-order valence-electron chi connectivity index (χ3n) is 2.23. The molecule has 2 rings (SSSR count). The van der Waals surface area contributed by atoms with Gasteiger partial charge in [0.15, 0.2) is 17.0 Å². The van der Waals surface area contributed by atoms with Crippen molar-refractivity contribution in [2.75, 3.05) is 13.2 Å². The van der Waals surface area contributed by atoms with Crippen LogP contribution in [0.25, 0.3) is 11.3 Å². The van der Waals surface area contributed by atoms with Gasteiger partial charge in [-0.25, -0.2) is 19.7 Å². The van der Waals surface area contributed by atoms with Gasteiger partial charge in [0.2, 0.25) is 0 Å². The highest BCUT2D eigenvalue weighted by molar-refractivity contribution is 5.86. The normalized spacial score (nSPS) is 10.9. The molecular weight excluding hydrogens is 224 g/mol. The van der Waals surface area contributed by atoms with Gasteiger partial charge in [0.05, 0.1) is 19.1 Å². The van der Waals surface area contributed by atoms with Gasteiger partial charge in [0.1, 0.15) is 0 Å². The SMILES string of the molecule is CCOCCn1cnc2ncc(C(=O)O)nc21. The van der Waals surface area contributed by atoms with Crippen LogP contribution in [0.4, 0.5) is 0 Å². The molecule has 1 N–H and O–H groups in total. The number of carboxylic acid groups (broad SMARTS) is 1. The molecule has 0 aliphatic rings. The predicted molar refractivity (Wildman–Crippen MR) is 58.8 cm³/mol. The Morgan fingerprint density at radius 2 is 2.35 bits per heavy atom. The second-order valence-electron chi connectivity index (χ2n) is 3.34. The van der Waals surface area contributed by atoms with Crippen LogP contribution < -0.4 is 0 Å². The van der Waals surface area contributed by atoms with Gasteiger partial charge in [-0.3, -0.25) is 0 Å². The molecule has 7 heteroatoms. The quantitative estimate of drug-likeness (QED) is 0.763. The minimum Gasteiger partial charge on any atom is -0.476 e. The molecule has 0 aromatic carbocycles. The molecule has 0 spiro atoms. The van der Waals surface area contributed by atoms with E-state index in [0.717, 1.165) is 0 Å². The van der Waals surface area contributed by atoms with Crippen molar-refractivity contribution in [3.63, 3.8) is 0 Å². The zero-order valence-corrected chi connectivity index (χ0v) is 9.33. The monoisotopic (exact) mass is 236 g/mol. The smallest absolute Gasteiger partial charge is 0.356 e. The van der Waals surface area contributed by atoms with E-state index in [-0.39, 0.29) is 5.69 Å². The van der Waals surface area contributed by atoms with Gasteiger partial charge >= 0.3 is 5.97 Å². The molecule has 0 unspecified atom stereocenters. The van der Waals surface area contributed by atoms with Crippen LogP contribution in [0.15, 0.2) is 12.5 Å². The topological polar surface area (TPSA) is 90.1 Å². The maximum absolute atomic E-state index is 10.8. The molecule has 0 bridgehead atoms. The van der Waals surface area contributed by atoms with Crippen molar-refractivity contribution in [2.45, 2.75) is 13.5 Å². The summed E-state index contributed by atoms with van der Waals surface area (Å²) < 4.78 is 6.95. The summed E-state index contributed by atoms with van der Waals surface area (Å²) in [6, 6.07) is 0. The fourth-order valence-electron chi connectivity index (χ4n) is 1.41. The molecule has 2 heterocycles. The summed E-state index contributed by atoms with van der Waals surface area (Å²) in [5.74, 6) is -1.10. The number of ether oxygens (including phenoxy) is 1. The fourth-order valence-corrected chi connectivity index (χ4v) is 1.41. The van der Waals surface area contributed by atoms with Crippen LogP contribution in [0.3, 0.4) is 0 Å². The molecule has 0 fully saturated rings. The van der Waals surface area contributed by atoms with E-state index >= 15 is 0 Å². The molecule has 7 nitrogen and oxygen atoms in total. The maximum atomic E-state index is 10.8. The van der Waals surface area contributed by atoms with E-state index in [9.17, 15) is 4.79 Å². The number of aromatic nitrogens is 4. The number of carbonyl (C=O) groups is 1. The second-order valence-corrected chi connectivity index (χ2v) is 3.34. The summed E-state index contributed by atoms with van der Waals surface area (Å²) >= 11 is 0. The molecule has 0 aliphatic heterocycles. The maximum Gasteiger partial charge on any atom is 0.356 e. The zero-order chi connectivity index (χ0) is 12.3. The number of carboxylic acids is 1. The average Bonchev–Trinajstić information content (AvgIpc) is 2.72. The van der Waals surface area contributed by atoms with Gasteiger partial charge in [-0.15, -0.1) is 0 Å². The summed E-state index contributed by atoms with van der Waals surface area (Å²) in [5, 5.41) is 8.83. The fraction of sp³-hybridized carbons (Fsp3) is 0.400. The van der Waals surface area contributed by atoms with Crippen LogP contribution in [0.2, 0.25) is 0 Å². The highest BCUT2D eigenvalue weighted by Crippen LogP contribution is 2.08. The van der Waals surface area contributed by atoms with E-state index in [4.69, 9.17) is 9.84 Å². The van der Waals surface area contributed by atoms with Gasteiger partial charge < -0.3 is 14.4 Å². The van der Waals surface area contributed by atoms with E-state index in [1.165, 1.54) is 6.20 Å². The number of rotatable bonds is 5. The predicted octanol–water partition coefficient (Wildman–Crippen LogP) is 0.561. The summed E-state index contributed by atoms with van der Waals surface area (Å²) in [4.78, 5) is 22.8. The van der Waals surface area contributed by atoms with Gasteiger partial charge in [-0.2, -0.15) is 0 Å². The molecule has 0 atom stereocenters. The second kappa shape index (κ2) is 4.88. The summed E-state index contributed by atoms with van der Waals surface area (Å²) in [5.41, 5.74) is 0.812. The van der Waals surface area contributed by atoms with Crippen molar-refractivity contribution in [1.82, 2.24) is 19.5 Å². The largest absolute Gasteiger partial charge is 0.476 e. The molecular formula is C10H12N4O3. The molecule has 0 aliphatic carbocycles. The molecule has 0 amide bonds. The Morgan fingerprint density at radius 3 is 3.06 bits per heavy atom.